The lowest BCUT2D eigenvalue weighted by atomic mass is 10.0. The summed E-state index contributed by atoms with van der Waals surface area (Å²) in [5.74, 6) is 0.280. The number of aryl methyl sites for hydroxylation is 1. The number of carbonyl (C=O) groups excluding carboxylic acids is 2. The second-order valence-electron chi connectivity index (χ2n) is 7.26. The highest BCUT2D eigenvalue weighted by molar-refractivity contribution is 7.09. The van der Waals surface area contributed by atoms with Crippen molar-refractivity contribution >= 4 is 23.2 Å². The zero-order chi connectivity index (χ0) is 17.4. The molecule has 1 saturated heterocycles. The van der Waals surface area contributed by atoms with Crippen molar-refractivity contribution in [1.82, 2.24) is 10.2 Å². The van der Waals surface area contributed by atoms with Crippen LogP contribution in [0.25, 0.3) is 0 Å². The number of amides is 2. The Morgan fingerprint density at radius 1 is 1.28 bits per heavy atom. The summed E-state index contributed by atoms with van der Waals surface area (Å²) >= 11 is 1.66. The molecule has 2 heterocycles. The predicted molar refractivity (Wildman–Crippen MR) is 98.4 cm³/mol. The molecule has 1 aromatic heterocycles. The molecule has 2 fully saturated rings. The summed E-state index contributed by atoms with van der Waals surface area (Å²) < 4.78 is 0. The Kier molecular flexibility index (Phi) is 4.12. The lowest BCUT2D eigenvalue weighted by molar-refractivity contribution is -0.123. The Bertz CT molecular complexity index is 785. The summed E-state index contributed by atoms with van der Waals surface area (Å²) in [5.41, 5.74) is 1.90. The van der Waals surface area contributed by atoms with Gasteiger partial charge in [-0.15, -0.1) is 11.3 Å². The van der Waals surface area contributed by atoms with E-state index < -0.39 is 0 Å². The number of rotatable bonds is 4. The van der Waals surface area contributed by atoms with Gasteiger partial charge < -0.3 is 10.2 Å². The molecule has 25 heavy (non-hydrogen) atoms. The van der Waals surface area contributed by atoms with Gasteiger partial charge in [0.25, 0.3) is 5.91 Å². The second-order valence-corrected chi connectivity index (χ2v) is 8.29. The molecule has 4 rings (SSSR count). The van der Waals surface area contributed by atoms with Gasteiger partial charge in [-0.3, -0.25) is 9.59 Å². The van der Waals surface area contributed by atoms with Crippen molar-refractivity contribution < 1.29 is 9.59 Å². The van der Waals surface area contributed by atoms with E-state index in [0.29, 0.717) is 13.1 Å². The molecule has 2 atom stereocenters. The minimum atomic E-state index is 0.0138. The van der Waals surface area contributed by atoms with Crippen LogP contribution in [0, 0.1) is 18.3 Å². The molecule has 0 bridgehead atoms. The highest BCUT2D eigenvalue weighted by Crippen LogP contribution is 2.58. The van der Waals surface area contributed by atoms with Gasteiger partial charge in [-0.25, -0.2) is 0 Å². The fourth-order valence-corrected chi connectivity index (χ4v) is 4.47. The van der Waals surface area contributed by atoms with Gasteiger partial charge >= 0.3 is 0 Å². The van der Waals surface area contributed by atoms with Crippen LogP contribution in [0.4, 0.5) is 0 Å². The van der Waals surface area contributed by atoms with Crippen molar-refractivity contribution in [2.24, 2.45) is 11.3 Å². The monoisotopic (exact) mass is 354 g/mol. The molecule has 0 radical (unpaired) electrons. The van der Waals surface area contributed by atoms with Crippen LogP contribution in [-0.4, -0.2) is 29.8 Å². The van der Waals surface area contributed by atoms with Crippen LogP contribution in [0.2, 0.25) is 0 Å². The smallest absolute Gasteiger partial charge is 0.253 e. The van der Waals surface area contributed by atoms with E-state index in [2.05, 4.69) is 5.32 Å². The second kappa shape index (κ2) is 6.30. The van der Waals surface area contributed by atoms with Crippen LogP contribution in [0.5, 0.6) is 0 Å². The summed E-state index contributed by atoms with van der Waals surface area (Å²) in [6, 6.07) is 11.7. The predicted octanol–water partition coefficient (Wildman–Crippen LogP) is 3.23. The van der Waals surface area contributed by atoms with Crippen molar-refractivity contribution in [1.29, 1.82) is 0 Å². The number of nitrogens with one attached hydrogen (secondary N) is 1. The maximum absolute atomic E-state index is 12.7. The Balaban J connectivity index is 1.34. The summed E-state index contributed by atoms with van der Waals surface area (Å²) in [6.45, 7) is 4.08. The molecular weight excluding hydrogens is 332 g/mol. The first-order valence-corrected chi connectivity index (χ1v) is 9.61. The third-order valence-corrected chi connectivity index (χ3v) is 6.37. The Morgan fingerprint density at radius 3 is 2.80 bits per heavy atom. The molecule has 2 aromatic rings. The fourth-order valence-electron chi connectivity index (χ4n) is 3.83. The van der Waals surface area contributed by atoms with Crippen LogP contribution >= 0.6 is 11.3 Å². The molecule has 1 N–H and O–H groups in total. The Hall–Kier alpha value is -2.14. The zero-order valence-electron chi connectivity index (χ0n) is 14.3. The number of carbonyl (C=O) groups is 2. The standard InChI is InChI=1S/C20H22N2O2S/c1-14-4-6-15(7-5-14)19(24)22-9-8-20(13-22)11-17(20)18(23)21-12-16-3-2-10-25-16/h2-7,10,17H,8-9,11-13H2,1H3,(H,21,23)/t17-,20+/m1/s1. The first-order valence-electron chi connectivity index (χ1n) is 8.73. The molecule has 1 aromatic carbocycles. The third kappa shape index (κ3) is 3.21. The van der Waals surface area contributed by atoms with Gasteiger partial charge in [-0.2, -0.15) is 0 Å². The maximum Gasteiger partial charge on any atom is 0.253 e. The number of thiophene rings is 1. The minimum Gasteiger partial charge on any atom is -0.351 e. The van der Waals surface area contributed by atoms with Crippen molar-refractivity contribution in [3.8, 4) is 0 Å². The molecule has 0 unspecified atom stereocenters. The van der Waals surface area contributed by atoms with Crippen LogP contribution in [0.3, 0.4) is 0 Å². The van der Waals surface area contributed by atoms with Gasteiger partial charge in [0, 0.05) is 34.9 Å². The van der Waals surface area contributed by atoms with E-state index in [-0.39, 0.29) is 23.1 Å². The number of hydrogen-bond donors (Lipinski definition) is 1. The quantitative estimate of drug-likeness (QED) is 0.916. The van der Waals surface area contributed by atoms with Crippen LogP contribution in [0.15, 0.2) is 41.8 Å². The highest BCUT2D eigenvalue weighted by Gasteiger charge is 2.61. The SMILES string of the molecule is Cc1ccc(C(=O)N2CC[C@]3(C[C@@H]3C(=O)NCc3cccs3)C2)cc1. The van der Waals surface area contributed by atoms with Crippen LogP contribution in [0.1, 0.15) is 33.6 Å². The van der Waals surface area contributed by atoms with Crippen molar-refractivity contribution in [2.45, 2.75) is 26.3 Å². The molecule has 1 aliphatic heterocycles. The van der Waals surface area contributed by atoms with E-state index in [1.807, 2.05) is 53.6 Å². The third-order valence-electron chi connectivity index (χ3n) is 5.49. The van der Waals surface area contributed by atoms with Gasteiger partial charge in [-0.05, 0) is 43.3 Å². The Morgan fingerprint density at radius 2 is 2.08 bits per heavy atom. The van der Waals surface area contributed by atoms with Gasteiger partial charge in [0.1, 0.15) is 0 Å². The summed E-state index contributed by atoms with van der Waals surface area (Å²) in [4.78, 5) is 28.2. The molecule has 4 nitrogen and oxygen atoms in total. The van der Waals surface area contributed by atoms with Crippen molar-refractivity contribution in [2.75, 3.05) is 13.1 Å². The van der Waals surface area contributed by atoms with E-state index in [0.717, 1.165) is 30.5 Å². The first-order chi connectivity index (χ1) is 12.1. The number of likely N-dealkylation sites (tertiary alicyclic amines) is 1. The summed E-state index contributed by atoms with van der Waals surface area (Å²) in [5, 5.41) is 5.07. The molecular formula is C20H22N2O2S. The molecule has 1 saturated carbocycles. The number of nitrogens with zero attached hydrogens (tertiary/aromatic N) is 1. The molecule has 2 amide bonds. The van der Waals surface area contributed by atoms with Crippen molar-refractivity contribution in [3.63, 3.8) is 0 Å². The first kappa shape index (κ1) is 16.3. The molecule has 130 valence electrons. The van der Waals surface area contributed by atoms with Gasteiger partial charge in [-0.1, -0.05) is 23.8 Å². The average Bonchev–Trinajstić information content (AvgIpc) is 2.96. The van der Waals surface area contributed by atoms with E-state index in [1.165, 1.54) is 4.88 Å². The summed E-state index contributed by atoms with van der Waals surface area (Å²) in [7, 11) is 0. The number of benzene rings is 1. The fraction of sp³-hybridized carbons (Fsp3) is 0.400. The number of hydrogen-bond acceptors (Lipinski definition) is 3. The van der Waals surface area contributed by atoms with Gasteiger partial charge in [0.05, 0.1) is 6.54 Å². The van der Waals surface area contributed by atoms with E-state index in [9.17, 15) is 9.59 Å². The summed E-state index contributed by atoms with van der Waals surface area (Å²) in [6.07, 6.45) is 1.84. The average molecular weight is 354 g/mol. The normalized spacial score (nSPS) is 24.5. The topological polar surface area (TPSA) is 49.4 Å². The van der Waals surface area contributed by atoms with Crippen molar-refractivity contribution in [3.05, 3.63) is 57.8 Å². The van der Waals surface area contributed by atoms with E-state index >= 15 is 0 Å². The van der Waals surface area contributed by atoms with E-state index in [4.69, 9.17) is 0 Å². The largest absolute Gasteiger partial charge is 0.351 e. The maximum atomic E-state index is 12.7. The Labute approximate surface area is 151 Å². The van der Waals surface area contributed by atoms with E-state index in [1.54, 1.807) is 11.3 Å². The van der Waals surface area contributed by atoms with Gasteiger partial charge in [0.2, 0.25) is 5.91 Å². The zero-order valence-corrected chi connectivity index (χ0v) is 15.1. The molecule has 5 heteroatoms. The lowest BCUT2D eigenvalue weighted by Crippen LogP contribution is -2.31. The molecule has 1 spiro atoms. The van der Waals surface area contributed by atoms with Gasteiger partial charge in [0.15, 0.2) is 0 Å². The molecule has 1 aliphatic carbocycles. The van der Waals surface area contributed by atoms with Crippen LogP contribution in [-0.2, 0) is 11.3 Å². The molecule has 2 aliphatic rings. The lowest BCUT2D eigenvalue weighted by Gasteiger charge is -2.17. The minimum absolute atomic E-state index is 0.0138. The van der Waals surface area contributed by atoms with Crippen LogP contribution < -0.4 is 5.32 Å². The highest BCUT2D eigenvalue weighted by atomic mass is 32.1.